The van der Waals surface area contributed by atoms with Crippen molar-refractivity contribution in [3.8, 4) is 28.3 Å². The van der Waals surface area contributed by atoms with Crippen LogP contribution in [0.25, 0.3) is 22.5 Å². The molecule has 10 heteroatoms. The Morgan fingerprint density at radius 2 is 2.00 bits per heavy atom. The molecule has 5 rings (SSSR count). The number of aromatic hydroxyl groups is 1. The maximum Gasteiger partial charge on any atom is 0.214 e. The van der Waals surface area contributed by atoms with E-state index >= 15 is 4.39 Å². The van der Waals surface area contributed by atoms with Gasteiger partial charge in [-0.2, -0.15) is 4.39 Å². The minimum absolute atomic E-state index is 0.0432. The van der Waals surface area contributed by atoms with E-state index in [0.29, 0.717) is 40.0 Å². The van der Waals surface area contributed by atoms with E-state index in [1.807, 2.05) is 18.2 Å². The molecule has 0 saturated carbocycles. The quantitative estimate of drug-likeness (QED) is 0.411. The summed E-state index contributed by atoms with van der Waals surface area (Å²) < 4.78 is 28.9. The average molecular weight is 485 g/mol. The highest BCUT2D eigenvalue weighted by molar-refractivity contribution is 7.98. The molecular weight excluding hydrogens is 458 g/mol. The number of hydrogen-bond acceptors (Lipinski definition) is 8. The van der Waals surface area contributed by atoms with Crippen LogP contribution in [0.2, 0.25) is 0 Å². The standard InChI is InChI=1S/C24H26F2N6OS/c1-32(18-11-15-4-3-5-17(28-15)23(18)26)21-12-27-24(31-30-21)16-7-6-13(8-19(16)33)14-9-20(25)29-22(10-14)34-2/h6-10,12,15,17-18,23,28,33H,3-5,11H2,1-2H3/t15-,17+,18-,23+/m0/s1. The lowest BCUT2D eigenvalue weighted by Crippen LogP contribution is -2.61. The molecular formula is C24H26F2N6OS. The molecule has 0 aliphatic carbocycles. The number of fused-ring (bicyclic) bond motifs is 2. The zero-order chi connectivity index (χ0) is 23.8. The first-order chi connectivity index (χ1) is 16.4. The monoisotopic (exact) mass is 484 g/mol. The van der Waals surface area contributed by atoms with Gasteiger partial charge in [-0.15, -0.1) is 22.0 Å². The predicted molar refractivity (Wildman–Crippen MR) is 128 cm³/mol. The lowest BCUT2D eigenvalue weighted by Gasteiger charge is -2.45. The van der Waals surface area contributed by atoms with Gasteiger partial charge in [0.05, 0.1) is 22.8 Å². The molecule has 2 bridgehead atoms. The second-order valence-electron chi connectivity index (χ2n) is 8.85. The number of nitrogens with one attached hydrogen (secondary N) is 1. The summed E-state index contributed by atoms with van der Waals surface area (Å²) in [6, 6.07) is 8.00. The third-order valence-electron chi connectivity index (χ3n) is 6.76. The fourth-order valence-electron chi connectivity index (χ4n) is 4.92. The topological polar surface area (TPSA) is 87.1 Å². The summed E-state index contributed by atoms with van der Waals surface area (Å²) in [4.78, 5) is 10.0. The van der Waals surface area contributed by atoms with Crippen molar-refractivity contribution in [2.45, 2.75) is 55.0 Å². The van der Waals surface area contributed by atoms with E-state index in [1.165, 1.54) is 17.8 Å². The van der Waals surface area contributed by atoms with Gasteiger partial charge in [-0.3, -0.25) is 0 Å². The van der Waals surface area contributed by atoms with Crippen molar-refractivity contribution >= 4 is 17.6 Å². The van der Waals surface area contributed by atoms with E-state index in [0.717, 1.165) is 19.3 Å². The van der Waals surface area contributed by atoms with Crippen molar-refractivity contribution in [3.05, 3.63) is 42.5 Å². The largest absolute Gasteiger partial charge is 0.507 e. The summed E-state index contributed by atoms with van der Waals surface area (Å²) in [6.07, 6.45) is 6.09. The predicted octanol–water partition coefficient (Wildman–Crippen LogP) is 4.22. The highest BCUT2D eigenvalue weighted by Crippen LogP contribution is 2.34. The summed E-state index contributed by atoms with van der Waals surface area (Å²) in [7, 11) is 1.83. The van der Waals surface area contributed by atoms with Gasteiger partial charge < -0.3 is 15.3 Å². The molecule has 3 aromatic rings. The number of benzene rings is 1. The molecule has 0 unspecified atom stereocenters. The van der Waals surface area contributed by atoms with Crippen molar-refractivity contribution in [1.29, 1.82) is 0 Å². The van der Waals surface area contributed by atoms with Crippen LogP contribution >= 0.6 is 11.8 Å². The second kappa shape index (κ2) is 9.42. The SMILES string of the molecule is CSc1cc(-c2ccc(-c3ncc(N(C)[C@H]4C[C@@H]5CCC[C@@H](N5)[C@H]4F)nn3)c(O)c2)cc(F)n1. The number of pyridine rings is 1. The summed E-state index contributed by atoms with van der Waals surface area (Å²) in [5.74, 6) is 0.124. The summed E-state index contributed by atoms with van der Waals surface area (Å²) in [6.45, 7) is 0. The number of piperidine rings is 2. The van der Waals surface area contributed by atoms with Gasteiger partial charge in [0.15, 0.2) is 11.6 Å². The van der Waals surface area contributed by atoms with Crippen molar-refractivity contribution in [2.75, 3.05) is 18.2 Å². The van der Waals surface area contributed by atoms with Crippen LogP contribution in [-0.4, -0.2) is 62.9 Å². The van der Waals surface area contributed by atoms with Gasteiger partial charge in [0.25, 0.3) is 0 Å². The van der Waals surface area contributed by atoms with Crippen LogP contribution < -0.4 is 10.2 Å². The van der Waals surface area contributed by atoms with E-state index in [-0.39, 0.29) is 23.7 Å². The van der Waals surface area contributed by atoms with Gasteiger partial charge in [-0.25, -0.2) is 14.4 Å². The summed E-state index contributed by atoms with van der Waals surface area (Å²) in [5, 5.41) is 23.0. The number of halogens is 2. The highest BCUT2D eigenvalue weighted by atomic mass is 32.2. The molecule has 178 valence electrons. The molecule has 34 heavy (non-hydrogen) atoms. The fraction of sp³-hybridized carbons (Fsp3) is 0.417. The zero-order valence-corrected chi connectivity index (χ0v) is 19.8. The van der Waals surface area contributed by atoms with Crippen LogP contribution in [0.1, 0.15) is 25.7 Å². The third kappa shape index (κ3) is 4.44. The number of anilines is 1. The zero-order valence-electron chi connectivity index (χ0n) is 18.9. The van der Waals surface area contributed by atoms with E-state index in [9.17, 15) is 9.50 Å². The van der Waals surface area contributed by atoms with Gasteiger partial charge >= 0.3 is 0 Å². The summed E-state index contributed by atoms with van der Waals surface area (Å²) in [5.41, 5.74) is 1.67. The Balaban J connectivity index is 1.36. The average Bonchev–Trinajstić information content (AvgIpc) is 2.85. The molecule has 2 aliphatic rings. The molecule has 4 atom stereocenters. The Morgan fingerprint density at radius 3 is 2.74 bits per heavy atom. The molecule has 2 N–H and O–H groups in total. The molecule has 0 amide bonds. The highest BCUT2D eigenvalue weighted by Gasteiger charge is 2.42. The fourth-order valence-corrected chi connectivity index (χ4v) is 5.34. The van der Waals surface area contributed by atoms with E-state index in [2.05, 4.69) is 25.5 Å². The first kappa shape index (κ1) is 22.9. The van der Waals surface area contributed by atoms with Crippen LogP contribution in [0.15, 0.2) is 41.6 Å². The van der Waals surface area contributed by atoms with Gasteiger partial charge in [0.1, 0.15) is 11.9 Å². The molecule has 0 radical (unpaired) electrons. The Labute approximate surface area is 201 Å². The Hall–Kier alpha value is -2.85. The molecule has 2 fully saturated rings. The van der Waals surface area contributed by atoms with E-state index in [4.69, 9.17) is 0 Å². The van der Waals surface area contributed by atoms with Crippen LogP contribution in [-0.2, 0) is 0 Å². The van der Waals surface area contributed by atoms with Gasteiger partial charge in [0.2, 0.25) is 5.95 Å². The van der Waals surface area contributed by atoms with Crippen molar-refractivity contribution < 1.29 is 13.9 Å². The van der Waals surface area contributed by atoms with Gasteiger partial charge in [-0.1, -0.05) is 12.5 Å². The lowest BCUT2D eigenvalue weighted by atomic mass is 9.82. The first-order valence-corrected chi connectivity index (χ1v) is 12.5. The molecule has 7 nitrogen and oxygen atoms in total. The Bertz CT molecular complexity index is 1180. The number of aromatic nitrogens is 4. The summed E-state index contributed by atoms with van der Waals surface area (Å²) >= 11 is 1.34. The van der Waals surface area contributed by atoms with Crippen LogP contribution in [0.3, 0.4) is 0 Å². The van der Waals surface area contributed by atoms with Gasteiger partial charge in [0, 0.05) is 25.2 Å². The van der Waals surface area contributed by atoms with E-state index < -0.39 is 12.1 Å². The van der Waals surface area contributed by atoms with Crippen LogP contribution in [0.5, 0.6) is 5.75 Å². The van der Waals surface area contributed by atoms with Crippen LogP contribution in [0.4, 0.5) is 14.6 Å². The molecule has 2 aromatic heterocycles. The Kier molecular flexibility index (Phi) is 6.35. The molecule has 1 aromatic carbocycles. The smallest absolute Gasteiger partial charge is 0.214 e. The Morgan fingerprint density at radius 1 is 1.15 bits per heavy atom. The van der Waals surface area contributed by atoms with Crippen molar-refractivity contribution in [3.63, 3.8) is 0 Å². The normalized spacial score (nSPS) is 24.1. The first-order valence-electron chi connectivity index (χ1n) is 11.3. The van der Waals surface area contributed by atoms with Crippen molar-refractivity contribution in [2.24, 2.45) is 0 Å². The number of hydrogen-bond donors (Lipinski definition) is 2. The number of alkyl halides is 1. The molecule has 4 heterocycles. The second-order valence-corrected chi connectivity index (χ2v) is 9.68. The van der Waals surface area contributed by atoms with Crippen molar-refractivity contribution in [1.82, 2.24) is 25.5 Å². The lowest BCUT2D eigenvalue weighted by molar-refractivity contribution is 0.107. The maximum atomic E-state index is 15.1. The number of phenols is 1. The number of nitrogens with zero attached hydrogens (tertiary/aromatic N) is 5. The molecule has 2 saturated heterocycles. The maximum absolute atomic E-state index is 15.1. The number of rotatable bonds is 5. The van der Waals surface area contributed by atoms with E-state index in [1.54, 1.807) is 30.5 Å². The number of thioether (sulfide) groups is 1. The minimum atomic E-state index is -0.982. The number of phenolic OH excluding ortho intramolecular Hbond substituents is 1. The van der Waals surface area contributed by atoms with Gasteiger partial charge in [-0.05, 0) is 54.8 Å². The molecule has 0 spiro atoms. The third-order valence-corrected chi connectivity index (χ3v) is 7.38. The van der Waals surface area contributed by atoms with Crippen LogP contribution in [0, 0.1) is 5.95 Å². The molecule has 2 aliphatic heterocycles. The minimum Gasteiger partial charge on any atom is -0.507 e.